The lowest BCUT2D eigenvalue weighted by Crippen LogP contribution is -2.46. The first-order chi connectivity index (χ1) is 11.2. The van der Waals surface area contributed by atoms with Crippen LogP contribution in [0.1, 0.15) is 5.56 Å². The minimum Gasteiger partial charge on any atom is -0.480 e. The van der Waals surface area contributed by atoms with E-state index in [4.69, 9.17) is 36.4 Å². The lowest BCUT2D eigenvalue weighted by atomic mass is 10.0. The molecule has 0 aromatic heterocycles. The number of carboxylic acids is 1. The third-order valence-corrected chi connectivity index (χ3v) is 3.04. The van der Waals surface area contributed by atoms with Crippen molar-refractivity contribution >= 4 is 12.3 Å². The molecule has 10 nitrogen and oxygen atoms in total. The maximum absolute atomic E-state index is 10.4. The third-order valence-electron chi connectivity index (χ3n) is 3.04. The van der Waals surface area contributed by atoms with Crippen LogP contribution >= 0.6 is 0 Å². The van der Waals surface area contributed by atoms with Gasteiger partial charge < -0.3 is 47.3 Å². The normalized spacial score (nSPS) is 16.1. The average molecular weight is 362 g/mol. The number of aldehydes is 1. The topological polar surface area (TPSA) is 217 Å². The van der Waals surface area contributed by atoms with Crippen molar-refractivity contribution < 1.29 is 40.2 Å². The molecule has 10 heteroatoms. The van der Waals surface area contributed by atoms with Crippen LogP contribution in [0, 0.1) is 0 Å². The van der Waals surface area contributed by atoms with Crippen LogP contribution in [0.4, 0.5) is 0 Å². The molecule has 0 amide bonds. The zero-order chi connectivity index (χ0) is 18.7. The van der Waals surface area contributed by atoms with E-state index in [2.05, 4.69) is 0 Å². The number of aliphatic carboxylic acids is 1. The van der Waals surface area contributed by atoms with Crippen molar-refractivity contribution in [3.8, 4) is 0 Å². The minimum absolute atomic E-state index is 0. The van der Waals surface area contributed by atoms with Crippen LogP contribution in [0.5, 0.6) is 0 Å². The Bertz CT molecular complexity index is 488. The second-order valence-corrected chi connectivity index (χ2v) is 4.99. The molecule has 1 rings (SSSR count). The summed E-state index contributed by atoms with van der Waals surface area (Å²) < 4.78 is 0. The molecule has 0 saturated heterocycles. The summed E-state index contributed by atoms with van der Waals surface area (Å²) in [5.41, 5.74) is 6.30. The highest BCUT2D eigenvalue weighted by molar-refractivity contribution is 5.73. The number of benzene rings is 1. The number of nitrogens with two attached hydrogens (primary N) is 1. The Hall–Kier alpha value is -1.92. The molecule has 11 N–H and O–H groups in total. The molecule has 0 spiro atoms. The molecule has 1 aromatic carbocycles. The van der Waals surface area contributed by atoms with E-state index in [0.717, 1.165) is 5.56 Å². The Morgan fingerprint density at radius 3 is 2.00 bits per heavy atom. The number of hydrogen-bond acceptors (Lipinski definition) is 9. The fourth-order valence-corrected chi connectivity index (χ4v) is 1.57. The van der Waals surface area contributed by atoms with Gasteiger partial charge in [0.2, 0.25) is 0 Å². The molecule has 0 aliphatic carbocycles. The molecule has 0 aliphatic rings. The number of carboxylic acid groups (broad SMARTS) is 1. The molecule has 0 aliphatic heterocycles. The number of aliphatic hydroxyl groups excluding tert-OH is 5. The molecule has 25 heavy (non-hydrogen) atoms. The molecule has 1 aromatic rings. The van der Waals surface area contributed by atoms with Crippen molar-refractivity contribution in [1.82, 2.24) is 6.15 Å². The predicted octanol–water partition coefficient (Wildman–Crippen LogP) is -2.58. The zero-order valence-electron chi connectivity index (χ0n) is 13.5. The summed E-state index contributed by atoms with van der Waals surface area (Å²) in [6.45, 7) is -0.760. The fraction of sp³-hybridized carbons (Fsp3) is 0.467. The smallest absolute Gasteiger partial charge is 0.320 e. The Morgan fingerprint density at radius 1 is 1.08 bits per heavy atom. The van der Waals surface area contributed by atoms with Gasteiger partial charge in [0.1, 0.15) is 30.5 Å². The van der Waals surface area contributed by atoms with E-state index in [1.54, 1.807) is 0 Å². The van der Waals surface area contributed by atoms with Gasteiger partial charge in [0.25, 0.3) is 0 Å². The molecule has 0 bridgehead atoms. The van der Waals surface area contributed by atoms with Crippen molar-refractivity contribution in [3.63, 3.8) is 0 Å². The molecular formula is C15H26N2O8. The van der Waals surface area contributed by atoms with E-state index in [0.29, 0.717) is 6.42 Å². The second kappa shape index (κ2) is 13.4. The first-order valence-corrected chi connectivity index (χ1v) is 7.05. The summed E-state index contributed by atoms with van der Waals surface area (Å²) in [6.07, 6.45) is -6.45. The number of hydrogen-bond donors (Lipinski definition) is 8. The van der Waals surface area contributed by atoms with Gasteiger partial charge in [0, 0.05) is 0 Å². The van der Waals surface area contributed by atoms with E-state index in [1.807, 2.05) is 30.3 Å². The van der Waals surface area contributed by atoms with E-state index < -0.39 is 43.0 Å². The molecule has 0 radical (unpaired) electrons. The third kappa shape index (κ3) is 9.84. The first kappa shape index (κ1) is 25.3. The number of carbonyl (C=O) groups excluding carboxylic acids is 1. The lowest BCUT2D eigenvalue weighted by molar-refractivity contribution is -0.138. The van der Waals surface area contributed by atoms with Gasteiger partial charge in [-0.25, -0.2) is 0 Å². The van der Waals surface area contributed by atoms with Crippen molar-refractivity contribution in [3.05, 3.63) is 35.9 Å². The second-order valence-electron chi connectivity index (χ2n) is 4.99. The van der Waals surface area contributed by atoms with E-state index in [9.17, 15) is 9.59 Å². The molecule has 5 unspecified atom stereocenters. The highest BCUT2D eigenvalue weighted by atomic mass is 16.4. The Labute approximate surface area is 144 Å². The lowest BCUT2D eigenvalue weighted by Gasteiger charge is -2.22. The Kier molecular flexibility index (Phi) is 13.6. The van der Waals surface area contributed by atoms with Crippen molar-refractivity contribution in [1.29, 1.82) is 0 Å². The predicted molar refractivity (Wildman–Crippen MR) is 88.0 cm³/mol. The van der Waals surface area contributed by atoms with Gasteiger partial charge in [0.05, 0.1) is 6.61 Å². The summed E-state index contributed by atoms with van der Waals surface area (Å²) in [6, 6.07) is 8.54. The quantitative estimate of drug-likeness (QED) is 0.226. The van der Waals surface area contributed by atoms with Gasteiger partial charge in [-0.15, -0.1) is 0 Å². The van der Waals surface area contributed by atoms with Crippen LogP contribution in [0.2, 0.25) is 0 Å². The fourth-order valence-electron chi connectivity index (χ4n) is 1.57. The largest absolute Gasteiger partial charge is 0.480 e. The van der Waals surface area contributed by atoms with E-state index in [1.165, 1.54) is 0 Å². The molecule has 0 heterocycles. The summed E-state index contributed by atoms with van der Waals surface area (Å²) >= 11 is 0. The highest BCUT2D eigenvalue weighted by Crippen LogP contribution is 2.03. The van der Waals surface area contributed by atoms with Crippen molar-refractivity contribution in [2.45, 2.75) is 36.9 Å². The van der Waals surface area contributed by atoms with E-state index >= 15 is 0 Å². The number of aliphatic hydroxyl groups is 5. The van der Waals surface area contributed by atoms with Gasteiger partial charge in [-0.1, -0.05) is 30.3 Å². The monoisotopic (exact) mass is 362 g/mol. The Morgan fingerprint density at radius 2 is 1.60 bits per heavy atom. The van der Waals surface area contributed by atoms with Gasteiger partial charge in [-0.05, 0) is 12.0 Å². The maximum atomic E-state index is 10.4. The van der Waals surface area contributed by atoms with Gasteiger partial charge in [-0.2, -0.15) is 0 Å². The molecular weight excluding hydrogens is 336 g/mol. The van der Waals surface area contributed by atoms with Gasteiger partial charge >= 0.3 is 5.97 Å². The van der Waals surface area contributed by atoms with E-state index in [-0.39, 0.29) is 12.4 Å². The highest BCUT2D eigenvalue weighted by Gasteiger charge is 2.29. The van der Waals surface area contributed by atoms with Gasteiger partial charge in [0.15, 0.2) is 6.29 Å². The van der Waals surface area contributed by atoms with Crippen LogP contribution in [0.15, 0.2) is 30.3 Å². The molecule has 0 fully saturated rings. The Balaban J connectivity index is 0. The summed E-state index contributed by atoms with van der Waals surface area (Å²) in [7, 11) is 0. The summed E-state index contributed by atoms with van der Waals surface area (Å²) in [5.74, 6) is -0.959. The van der Waals surface area contributed by atoms with Crippen LogP contribution in [0.25, 0.3) is 0 Å². The van der Waals surface area contributed by atoms with Gasteiger partial charge in [-0.3, -0.25) is 4.79 Å². The number of carbonyl (C=O) groups is 2. The van der Waals surface area contributed by atoms with Crippen LogP contribution in [-0.2, 0) is 16.0 Å². The molecule has 0 saturated carbocycles. The van der Waals surface area contributed by atoms with Crippen molar-refractivity contribution in [2.24, 2.45) is 5.73 Å². The zero-order valence-corrected chi connectivity index (χ0v) is 13.5. The maximum Gasteiger partial charge on any atom is 0.320 e. The minimum atomic E-state index is -1.79. The standard InChI is InChI=1S/C9H11NO2.C6H12O6.H3N/c10-8(9(11)12)6-7-4-2-1-3-5-7;7-1-3(9)5(11)6(12)4(10)2-8;/h1-5,8H,6,10H2,(H,11,12);1,3-6,8-12H,2H2;1H3. The number of rotatable bonds is 8. The average Bonchev–Trinajstić information content (AvgIpc) is 2.60. The molecule has 5 atom stereocenters. The van der Waals surface area contributed by atoms with Crippen LogP contribution in [0.3, 0.4) is 0 Å². The molecule has 144 valence electrons. The van der Waals surface area contributed by atoms with Crippen LogP contribution in [-0.4, -0.2) is 80.0 Å². The SMILES string of the molecule is N.NC(Cc1ccccc1)C(=O)O.O=CC(O)C(O)C(O)C(O)CO. The summed E-state index contributed by atoms with van der Waals surface area (Å²) in [5, 5.41) is 52.1. The van der Waals surface area contributed by atoms with Crippen LogP contribution < -0.4 is 11.9 Å². The summed E-state index contributed by atoms with van der Waals surface area (Å²) in [4.78, 5) is 20.3. The first-order valence-electron chi connectivity index (χ1n) is 7.05. The van der Waals surface area contributed by atoms with Crippen molar-refractivity contribution in [2.75, 3.05) is 6.61 Å².